The van der Waals surface area contributed by atoms with Crippen molar-refractivity contribution in [3.05, 3.63) is 23.2 Å². The number of amides is 1. The van der Waals surface area contributed by atoms with E-state index in [4.69, 9.17) is 11.6 Å². The number of benzene rings is 1. The summed E-state index contributed by atoms with van der Waals surface area (Å²) in [6.45, 7) is 8.23. The summed E-state index contributed by atoms with van der Waals surface area (Å²) in [5.74, 6) is 0.509. The number of halogens is 1. The molecule has 18 heavy (non-hydrogen) atoms. The molecule has 0 bridgehead atoms. The van der Waals surface area contributed by atoms with Gasteiger partial charge in [-0.1, -0.05) is 32.4 Å². The van der Waals surface area contributed by atoms with Gasteiger partial charge in [0.05, 0.1) is 10.7 Å². The first-order chi connectivity index (χ1) is 8.43. The molecule has 1 amide bonds. The summed E-state index contributed by atoms with van der Waals surface area (Å²) in [5, 5.41) is 6.85. The third-order valence-electron chi connectivity index (χ3n) is 2.95. The molecule has 1 aromatic rings. The lowest BCUT2D eigenvalue weighted by Gasteiger charge is -2.20. The summed E-state index contributed by atoms with van der Waals surface area (Å²) in [5.41, 5.74) is 1.62. The van der Waals surface area contributed by atoms with Gasteiger partial charge in [0, 0.05) is 18.2 Å². The third kappa shape index (κ3) is 4.22. The Bertz CT molecular complexity index is 418. The molecule has 1 atom stereocenters. The quantitative estimate of drug-likeness (QED) is 0.842. The number of anilines is 2. The Morgan fingerprint density at radius 2 is 2.00 bits per heavy atom. The van der Waals surface area contributed by atoms with Gasteiger partial charge in [-0.3, -0.25) is 4.79 Å². The van der Waals surface area contributed by atoms with Crippen molar-refractivity contribution in [1.82, 2.24) is 0 Å². The van der Waals surface area contributed by atoms with Crippen molar-refractivity contribution in [3.63, 3.8) is 0 Å². The van der Waals surface area contributed by atoms with E-state index in [-0.39, 0.29) is 5.91 Å². The summed E-state index contributed by atoms with van der Waals surface area (Å²) in [4.78, 5) is 11.3. The Morgan fingerprint density at radius 3 is 2.56 bits per heavy atom. The second-order valence-electron chi connectivity index (χ2n) is 4.77. The molecule has 4 heteroatoms. The standard InChI is InChI=1S/C14H21ClN2O/c1-5-14(18)17-11-6-7-12(15)13(8-11)16-10(4)9(2)3/h6-10,16H,5H2,1-4H3,(H,17,18). The van der Waals surface area contributed by atoms with Crippen LogP contribution in [-0.2, 0) is 4.79 Å². The molecule has 0 saturated carbocycles. The van der Waals surface area contributed by atoms with Crippen LogP contribution in [0.5, 0.6) is 0 Å². The maximum atomic E-state index is 11.3. The Balaban J connectivity index is 2.84. The van der Waals surface area contributed by atoms with E-state index in [2.05, 4.69) is 31.4 Å². The minimum absolute atomic E-state index is 0.000167. The number of carbonyl (C=O) groups is 1. The van der Waals surface area contributed by atoms with E-state index in [0.29, 0.717) is 23.4 Å². The maximum Gasteiger partial charge on any atom is 0.224 e. The molecule has 0 aromatic heterocycles. The molecule has 0 aliphatic rings. The molecule has 1 unspecified atom stereocenters. The van der Waals surface area contributed by atoms with E-state index in [9.17, 15) is 4.79 Å². The normalized spacial score (nSPS) is 12.3. The minimum Gasteiger partial charge on any atom is -0.381 e. The third-order valence-corrected chi connectivity index (χ3v) is 3.28. The minimum atomic E-state index is 0.000167. The number of rotatable bonds is 5. The van der Waals surface area contributed by atoms with Gasteiger partial charge >= 0.3 is 0 Å². The SMILES string of the molecule is CCC(=O)Nc1ccc(Cl)c(NC(C)C(C)C)c1. The van der Waals surface area contributed by atoms with Crippen molar-refractivity contribution in [2.75, 3.05) is 10.6 Å². The van der Waals surface area contributed by atoms with Crippen LogP contribution in [0.1, 0.15) is 34.1 Å². The van der Waals surface area contributed by atoms with Crippen molar-refractivity contribution >= 4 is 28.9 Å². The van der Waals surface area contributed by atoms with Crippen LogP contribution >= 0.6 is 11.6 Å². The smallest absolute Gasteiger partial charge is 0.224 e. The van der Waals surface area contributed by atoms with Crippen LogP contribution < -0.4 is 10.6 Å². The van der Waals surface area contributed by atoms with Crippen molar-refractivity contribution in [2.24, 2.45) is 5.92 Å². The van der Waals surface area contributed by atoms with Gasteiger partial charge < -0.3 is 10.6 Å². The summed E-state index contributed by atoms with van der Waals surface area (Å²) in [6, 6.07) is 5.79. The van der Waals surface area contributed by atoms with E-state index in [1.54, 1.807) is 12.1 Å². The first kappa shape index (κ1) is 14.8. The highest BCUT2D eigenvalue weighted by Gasteiger charge is 2.10. The van der Waals surface area contributed by atoms with E-state index in [1.165, 1.54) is 0 Å². The Kier molecular flexibility index (Phi) is 5.48. The molecule has 0 fully saturated rings. The maximum absolute atomic E-state index is 11.3. The average molecular weight is 269 g/mol. The van der Waals surface area contributed by atoms with Crippen LogP contribution in [0, 0.1) is 5.92 Å². The van der Waals surface area contributed by atoms with Crippen molar-refractivity contribution < 1.29 is 4.79 Å². The van der Waals surface area contributed by atoms with Gasteiger partial charge in [0.2, 0.25) is 5.91 Å². The molecular weight excluding hydrogens is 248 g/mol. The Morgan fingerprint density at radius 1 is 1.33 bits per heavy atom. The first-order valence-corrected chi connectivity index (χ1v) is 6.67. The lowest BCUT2D eigenvalue weighted by atomic mass is 10.1. The zero-order valence-electron chi connectivity index (χ0n) is 11.4. The molecule has 0 spiro atoms. The summed E-state index contributed by atoms with van der Waals surface area (Å²) >= 11 is 6.14. The van der Waals surface area contributed by atoms with Crippen LogP contribution in [0.3, 0.4) is 0 Å². The van der Waals surface area contributed by atoms with Crippen molar-refractivity contribution in [2.45, 2.75) is 40.2 Å². The second-order valence-corrected chi connectivity index (χ2v) is 5.18. The lowest BCUT2D eigenvalue weighted by molar-refractivity contribution is -0.115. The van der Waals surface area contributed by atoms with E-state index < -0.39 is 0 Å². The highest BCUT2D eigenvalue weighted by Crippen LogP contribution is 2.27. The van der Waals surface area contributed by atoms with Gasteiger partial charge in [-0.2, -0.15) is 0 Å². The molecule has 3 nitrogen and oxygen atoms in total. The van der Waals surface area contributed by atoms with Gasteiger partial charge in [0.1, 0.15) is 0 Å². The molecule has 0 aliphatic carbocycles. The predicted molar refractivity (Wildman–Crippen MR) is 78.3 cm³/mol. The molecule has 1 aromatic carbocycles. The average Bonchev–Trinajstić information content (AvgIpc) is 2.33. The largest absolute Gasteiger partial charge is 0.381 e. The molecule has 0 aliphatic heterocycles. The number of nitrogens with one attached hydrogen (secondary N) is 2. The Hall–Kier alpha value is -1.22. The fourth-order valence-corrected chi connectivity index (χ4v) is 1.55. The highest BCUT2D eigenvalue weighted by molar-refractivity contribution is 6.33. The van der Waals surface area contributed by atoms with E-state index >= 15 is 0 Å². The van der Waals surface area contributed by atoms with Crippen LogP contribution in [-0.4, -0.2) is 11.9 Å². The number of hydrogen-bond acceptors (Lipinski definition) is 2. The van der Waals surface area contributed by atoms with Crippen LogP contribution in [0.2, 0.25) is 5.02 Å². The monoisotopic (exact) mass is 268 g/mol. The fraction of sp³-hybridized carbons (Fsp3) is 0.500. The second kappa shape index (κ2) is 6.64. The molecule has 0 radical (unpaired) electrons. The zero-order valence-corrected chi connectivity index (χ0v) is 12.1. The van der Waals surface area contributed by atoms with Crippen LogP contribution in [0.25, 0.3) is 0 Å². The first-order valence-electron chi connectivity index (χ1n) is 6.30. The van der Waals surface area contributed by atoms with Crippen molar-refractivity contribution in [3.8, 4) is 0 Å². The molecule has 2 N–H and O–H groups in total. The van der Waals surface area contributed by atoms with Crippen molar-refractivity contribution in [1.29, 1.82) is 0 Å². The predicted octanol–water partition coefficient (Wildman–Crippen LogP) is 4.14. The van der Waals surface area contributed by atoms with Gasteiger partial charge in [-0.15, -0.1) is 0 Å². The zero-order chi connectivity index (χ0) is 13.7. The Labute approximate surface area is 114 Å². The molecular formula is C14H21ClN2O. The summed E-state index contributed by atoms with van der Waals surface area (Å²) in [6.07, 6.45) is 0.466. The van der Waals surface area contributed by atoms with Gasteiger partial charge in [0.15, 0.2) is 0 Å². The summed E-state index contributed by atoms with van der Waals surface area (Å²) in [7, 11) is 0. The highest BCUT2D eigenvalue weighted by atomic mass is 35.5. The molecule has 0 saturated heterocycles. The number of carbonyl (C=O) groups excluding carboxylic acids is 1. The van der Waals surface area contributed by atoms with E-state index in [0.717, 1.165) is 11.4 Å². The van der Waals surface area contributed by atoms with Gasteiger partial charge in [-0.05, 0) is 31.0 Å². The molecule has 0 heterocycles. The lowest BCUT2D eigenvalue weighted by Crippen LogP contribution is -2.21. The van der Waals surface area contributed by atoms with Crippen LogP contribution in [0.4, 0.5) is 11.4 Å². The summed E-state index contributed by atoms with van der Waals surface area (Å²) < 4.78 is 0. The van der Waals surface area contributed by atoms with E-state index in [1.807, 2.05) is 13.0 Å². The number of hydrogen-bond donors (Lipinski definition) is 2. The van der Waals surface area contributed by atoms with Gasteiger partial charge in [0.25, 0.3) is 0 Å². The molecule has 100 valence electrons. The van der Waals surface area contributed by atoms with Gasteiger partial charge in [-0.25, -0.2) is 0 Å². The fourth-order valence-electron chi connectivity index (χ4n) is 1.37. The van der Waals surface area contributed by atoms with Crippen LogP contribution in [0.15, 0.2) is 18.2 Å². The topological polar surface area (TPSA) is 41.1 Å². The molecule has 1 rings (SSSR count).